The quantitative estimate of drug-likeness (QED) is 0.860. The van der Waals surface area contributed by atoms with Gasteiger partial charge in [0.1, 0.15) is 5.82 Å². The molecule has 2 unspecified atom stereocenters. The first-order chi connectivity index (χ1) is 7.58. The minimum atomic E-state index is -0.169. The highest BCUT2D eigenvalue weighted by Crippen LogP contribution is 2.27. The van der Waals surface area contributed by atoms with Gasteiger partial charge in [0.25, 0.3) is 0 Å². The number of hydrogen-bond donors (Lipinski definition) is 1. The summed E-state index contributed by atoms with van der Waals surface area (Å²) in [4.78, 5) is 2.08. The van der Waals surface area contributed by atoms with Crippen molar-refractivity contribution in [1.82, 2.24) is 0 Å². The largest absolute Gasteiger partial charge is 0.369 e. The molecule has 16 heavy (non-hydrogen) atoms. The van der Waals surface area contributed by atoms with Crippen molar-refractivity contribution in [3.05, 3.63) is 28.5 Å². The summed E-state index contributed by atoms with van der Waals surface area (Å²) < 4.78 is 14.5. The molecule has 0 bridgehead atoms. The molecule has 88 valence electrons. The van der Waals surface area contributed by atoms with E-state index >= 15 is 0 Å². The van der Waals surface area contributed by atoms with Crippen LogP contribution in [0.3, 0.4) is 0 Å². The van der Waals surface area contributed by atoms with Crippen molar-refractivity contribution in [3.8, 4) is 0 Å². The summed E-state index contributed by atoms with van der Waals surface area (Å²) in [6.07, 6.45) is 0.927. The third kappa shape index (κ3) is 2.38. The molecule has 2 N–H and O–H groups in total. The number of nitrogens with two attached hydrogens (primary N) is 1. The number of piperidine rings is 1. The monoisotopic (exact) mass is 286 g/mol. The maximum atomic E-state index is 13.8. The van der Waals surface area contributed by atoms with Crippen LogP contribution in [0.25, 0.3) is 0 Å². The van der Waals surface area contributed by atoms with Crippen LogP contribution in [0.1, 0.15) is 13.3 Å². The summed E-state index contributed by atoms with van der Waals surface area (Å²) in [5.74, 6) is 0.244. The standard InChI is InChI=1S/C12H16BrFN2/c1-8-7-16(5-4-11(8)15)12-3-2-9(13)6-10(12)14/h2-3,6,8,11H,4-5,7,15H2,1H3. The van der Waals surface area contributed by atoms with Crippen LogP contribution in [0.2, 0.25) is 0 Å². The summed E-state index contributed by atoms with van der Waals surface area (Å²) in [5.41, 5.74) is 6.64. The van der Waals surface area contributed by atoms with Crippen molar-refractivity contribution in [1.29, 1.82) is 0 Å². The molecule has 0 saturated carbocycles. The highest BCUT2D eigenvalue weighted by atomic mass is 79.9. The maximum absolute atomic E-state index is 13.8. The lowest BCUT2D eigenvalue weighted by Gasteiger charge is -2.36. The Bertz CT molecular complexity index is 383. The minimum Gasteiger partial charge on any atom is -0.369 e. The zero-order valence-corrected chi connectivity index (χ0v) is 10.9. The van der Waals surface area contributed by atoms with E-state index in [-0.39, 0.29) is 11.9 Å². The third-order valence-corrected chi connectivity index (χ3v) is 3.72. The predicted octanol–water partition coefficient (Wildman–Crippen LogP) is 2.76. The highest BCUT2D eigenvalue weighted by molar-refractivity contribution is 9.10. The second kappa shape index (κ2) is 4.72. The molecule has 1 aliphatic rings. The Morgan fingerprint density at radius 3 is 2.88 bits per heavy atom. The van der Waals surface area contributed by atoms with E-state index < -0.39 is 0 Å². The van der Waals surface area contributed by atoms with Crippen molar-refractivity contribution < 1.29 is 4.39 Å². The fraction of sp³-hybridized carbons (Fsp3) is 0.500. The molecular formula is C12H16BrFN2. The van der Waals surface area contributed by atoms with Crippen LogP contribution < -0.4 is 10.6 Å². The zero-order chi connectivity index (χ0) is 11.7. The smallest absolute Gasteiger partial charge is 0.147 e. The molecule has 0 aromatic heterocycles. The van der Waals surface area contributed by atoms with Gasteiger partial charge in [0.05, 0.1) is 5.69 Å². The molecule has 2 rings (SSSR count). The number of benzene rings is 1. The number of nitrogens with zero attached hydrogens (tertiary/aromatic N) is 1. The summed E-state index contributed by atoms with van der Waals surface area (Å²) in [5, 5.41) is 0. The Morgan fingerprint density at radius 1 is 1.50 bits per heavy atom. The normalized spacial score (nSPS) is 25.9. The van der Waals surface area contributed by atoms with Gasteiger partial charge in [0, 0.05) is 23.6 Å². The molecule has 2 nitrogen and oxygen atoms in total. The van der Waals surface area contributed by atoms with Crippen LogP contribution in [0.5, 0.6) is 0 Å². The van der Waals surface area contributed by atoms with E-state index in [0.717, 1.165) is 24.0 Å². The zero-order valence-electron chi connectivity index (χ0n) is 9.29. The first-order valence-electron chi connectivity index (χ1n) is 5.53. The van der Waals surface area contributed by atoms with E-state index in [1.807, 2.05) is 12.1 Å². The lowest BCUT2D eigenvalue weighted by atomic mass is 9.94. The van der Waals surface area contributed by atoms with E-state index in [2.05, 4.69) is 27.8 Å². The van der Waals surface area contributed by atoms with Gasteiger partial charge in [0.15, 0.2) is 0 Å². The second-order valence-corrected chi connectivity index (χ2v) is 5.39. The number of hydrogen-bond acceptors (Lipinski definition) is 2. The van der Waals surface area contributed by atoms with Crippen molar-refractivity contribution in [2.24, 2.45) is 11.7 Å². The second-order valence-electron chi connectivity index (χ2n) is 4.47. The molecule has 0 aliphatic carbocycles. The van der Waals surface area contributed by atoms with Crippen LogP contribution in [0.4, 0.5) is 10.1 Å². The van der Waals surface area contributed by atoms with Gasteiger partial charge in [-0.05, 0) is 30.5 Å². The molecule has 1 fully saturated rings. The van der Waals surface area contributed by atoms with E-state index in [1.54, 1.807) is 0 Å². The van der Waals surface area contributed by atoms with Gasteiger partial charge in [-0.1, -0.05) is 22.9 Å². The van der Waals surface area contributed by atoms with Crippen LogP contribution in [-0.2, 0) is 0 Å². The first kappa shape index (κ1) is 11.9. The van der Waals surface area contributed by atoms with Crippen molar-refractivity contribution in [2.45, 2.75) is 19.4 Å². The molecule has 1 aromatic carbocycles. The van der Waals surface area contributed by atoms with Crippen molar-refractivity contribution in [3.63, 3.8) is 0 Å². The molecule has 2 atom stereocenters. The molecule has 1 saturated heterocycles. The Balaban J connectivity index is 2.18. The Labute approximate surface area is 104 Å². The van der Waals surface area contributed by atoms with E-state index in [9.17, 15) is 4.39 Å². The Hall–Kier alpha value is -0.610. The van der Waals surface area contributed by atoms with E-state index in [0.29, 0.717) is 11.6 Å². The lowest BCUT2D eigenvalue weighted by molar-refractivity contribution is 0.380. The number of rotatable bonds is 1. The fourth-order valence-electron chi connectivity index (χ4n) is 2.12. The van der Waals surface area contributed by atoms with E-state index in [1.165, 1.54) is 6.07 Å². The molecule has 0 amide bonds. The van der Waals surface area contributed by atoms with Gasteiger partial charge in [-0.25, -0.2) is 4.39 Å². The molecule has 1 heterocycles. The fourth-order valence-corrected chi connectivity index (χ4v) is 2.45. The topological polar surface area (TPSA) is 29.3 Å². The van der Waals surface area contributed by atoms with Crippen LogP contribution >= 0.6 is 15.9 Å². The highest BCUT2D eigenvalue weighted by Gasteiger charge is 2.24. The lowest BCUT2D eigenvalue weighted by Crippen LogP contribution is -2.46. The van der Waals surface area contributed by atoms with Crippen LogP contribution in [0.15, 0.2) is 22.7 Å². The predicted molar refractivity (Wildman–Crippen MR) is 68.1 cm³/mol. The van der Waals surface area contributed by atoms with Gasteiger partial charge in [-0.3, -0.25) is 0 Å². The van der Waals surface area contributed by atoms with Crippen molar-refractivity contribution >= 4 is 21.6 Å². The summed E-state index contributed by atoms with van der Waals surface area (Å²) >= 11 is 3.26. The SMILES string of the molecule is CC1CN(c2ccc(Br)cc2F)CCC1N. The molecular weight excluding hydrogens is 271 g/mol. The van der Waals surface area contributed by atoms with E-state index in [4.69, 9.17) is 5.73 Å². The van der Waals surface area contributed by atoms with Crippen LogP contribution in [0, 0.1) is 11.7 Å². The Morgan fingerprint density at radius 2 is 2.25 bits per heavy atom. The first-order valence-corrected chi connectivity index (χ1v) is 6.33. The van der Waals surface area contributed by atoms with Gasteiger partial charge in [0.2, 0.25) is 0 Å². The molecule has 0 spiro atoms. The Kier molecular flexibility index (Phi) is 3.50. The molecule has 1 aromatic rings. The van der Waals surface area contributed by atoms with Crippen LogP contribution in [-0.4, -0.2) is 19.1 Å². The minimum absolute atomic E-state index is 0.169. The number of halogens is 2. The maximum Gasteiger partial charge on any atom is 0.147 e. The average Bonchev–Trinajstić information content (AvgIpc) is 2.22. The molecule has 0 radical (unpaired) electrons. The molecule has 1 aliphatic heterocycles. The summed E-state index contributed by atoms with van der Waals surface area (Å²) in [7, 11) is 0. The summed E-state index contributed by atoms with van der Waals surface area (Å²) in [6, 6.07) is 5.45. The van der Waals surface area contributed by atoms with Crippen molar-refractivity contribution in [2.75, 3.05) is 18.0 Å². The average molecular weight is 287 g/mol. The molecule has 4 heteroatoms. The van der Waals surface area contributed by atoms with Gasteiger partial charge < -0.3 is 10.6 Å². The van der Waals surface area contributed by atoms with Gasteiger partial charge in [-0.2, -0.15) is 0 Å². The summed E-state index contributed by atoms with van der Waals surface area (Å²) in [6.45, 7) is 3.79. The third-order valence-electron chi connectivity index (χ3n) is 3.22. The number of anilines is 1. The van der Waals surface area contributed by atoms with Gasteiger partial charge >= 0.3 is 0 Å². The van der Waals surface area contributed by atoms with Gasteiger partial charge in [-0.15, -0.1) is 0 Å².